The van der Waals surface area contributed by atoms with Crippen LogP contribution in [-0.4, -0.2) is 22.2 Å². The van der Waals surface area contributed by atoms with E-state index in [0.29, 0.717) is 18.8 Å². The monoisotopic (exact) mass is 194 g/mol. The summed E-state index contributed by atoms with van der Waals surface area (Å²) >= 11 is 0. The number of allylic oxidation sites excluding steroid dienone is 1. The smallest absolute Gasteiger partial charge is 0.248 e. The third kappa shape index (κ3) is 3.02. The molecule has 1 rings (SSSR count). The molecule has 0 radical (unpaired) electrons. The molecule has 3 N–H and O–H groups in total. The number of nitrogens with zero attached hydrogens (tertiary/aromatic N) is 2. The van der Waals surface area contributed by atoms with Crippen LogP contribution in [0.25, 0.3) is 0 Å². The molecule has 1 heterocycles. The Morgan fingerprint density at radius 3 is 3.21 bits per heavy atom. The molecule has 0 saturated carbocycles. The Morgan fingerprint density at radius 2 is 2.57 bits per heavy atom. The van der Waals surface area contributed by atoms with E-state index in [-0.39, 0.29) is 5.91 Å². The van der Waals surface area contributed by atoms with Gasteiger partial charge in [-0.3, -0.25) is 9.48 Å². The minimum Gasteiger partial charge on any atom is -0.329 e. The third-order valence-corrected chi connectivity index (χ3v) is 1.58. The molecule has 0 bridgehead atoms. The molecule has 0 fully saturated rings. The van der Waals surface area contributed by atoms with Gasteiger partial charge < -0.3 is 11.1 Å². The van der Waals surface area contributed by atoms with Gasteiger partial charge in [0.2, 0.25) is 5.91 Å². The van der Waals surface area contributed by atoms with Crippen molar-refractivity contribution in [1.29, 1.82) is 0 Å². The van der Waals surface area contributed by atoms with Crippen LogP contribution in [0.5, 0.6) is 0 Å². The summed E-state index contributed by atoms with van der Waals surface area (Å²) in [7, 11) is 0. The van der Waals surface area contributed by atoms with Gasteiger partial charge in [-0.25, -0.2) is 0 Å². The lowest BCUT2D eigenvalue weighted by Crippen LogP contribution is -2.10. The van der Waals surface area contributed by atoms with E-state index in [1.54, 1.807) is 30.1 Å². The fourth-order valence-electron chi connectivity index (χ4n) is 1.02. The number of carbonyl (C=O) groups is 1. The van der Waals surface area contributed by atoms with Gasteiger partial charge in [0.1, 0.15) is 0 Å². The van der Waals surface area contributed by atoms with Crippen LogP contribution in [0.1, 0.15) is 6.92 Å². The van der Waals surface area contributed by atoms with E-state index in [2.05, 4.69) is 10.4 Å². The molecule has 14 heavy (non-hydrogen) atoms. The van der Waals surface area contributed by atoms with Crippen molar-refractivity contribution in [1.82, 2.24) is 9.78 Å². The first-order valence-corrected chi connectivity index (χ1v) is 4.42. The molecule has 1 aromatic rings. The summed E-state index contributed by atoms with van der Waals surface area (Å²) in [5, 5.41) is 6.69. The molecule has 76 valence electrons. The normalized spacial score (nSPS) is 10.7. The number of hydrogen-bond donors (Lipinski definition) is 2. The van der Waals surface area contributed by atoms with Crippen LogP contribution in [0.2, 0.25) is 0 Å². The Morgan fingerprint density at radius 1 is 1.79 bits per heavy atom. The van der Waals surface area contributed by atoms with Gasteiger partial charge in [0.15, 0.2) is 0 Å². The summed E-state index contributed by atoms with van der Waals surface area (Å²) in [5.41, 5.74) is 6.04. The van der Waals surface area contributed by atoms with Crippen LogP contribution in [-0.2, 0) is 11.3 Å². The zero-order valence-corrected chi connectivity index (χ0v) is 8.10. The number of amides is 1. The lowest BCUT2D eigenvalue weighted by atomic mass is 10.4. The average Bonchev–Trinajstić information content (AvgIpc) is 2.53. The van der Waals surface area contributed by atoms with E-state index in [4.69, 9.17) is 5.73 Å². The molecule has 0 saturated heterocycles. The van der Waals surface area contributed by atoms with E-state index in [1.807, 2.05) is 0 Å². The number of nitrogens with two attached hydrogens (primary N) is 1. The second kappa shape index (κ2) is 5.18. The SMILES string of the molecule is C/C=C/C(=O)Nc1cnn(CCN)c1. The fraction of sp³-hybridized carbons (Fsp3) is 0.333. The highest BCUT2D eigenvalue weighted by molar-refractivity contribution is 5.98. The summed E-state index contributed by atoms with van der Waals surface area (Å²) in [5.74, 6) is -0.153. The maximum absolute atomic E-state index is 11.1. The Balaban J connectivity index is 2.55. The summed E-state index contributed by atoms with van der Waals surface area (Å²) in [6.45, 7) is 2.97. The van der Waals surface area contributed by atoms with Crippen molar-refractivity contribution in [3.63, 3.8) is 0 Å². The van der Waals surface area contributed by atoms with Gasteiger partial charge in [-0.1, -0.05) is 6.08 Å². The van der Waals surface area contributed by atoms with Gasteiger partial charge in [-0.05, 0) is 13.0 Å². The summed E-state index contributed by atoms with van der Waals surface area (Å²) in [4.78, 5) is 11.1. The Hall–Kier alpha value is -1.62. The van der Waals surface area contributed by atoms with Gasteiger partial charge in [0.05, 0.1) is 18.4 Å². The first-order chi connectivity index (χ1) is 6.76. The standard InChI is InChI=1S/C9H14N4O/c1-2-3-9(14)12-8-6-11-13(7-8)5-4-10/h2-3,6-7H,4-5,10H2,1H3,(H,12,14)/b3-2+. The summed E-state index contributed by atoms with van der Waals surface area (Å²) < 4.78 is 1.69. The maximum atomic E-state index is 11.1. The summed E-state index contributed by atoms with van der Waals surface area (Å²) in [6, 6.07) is 0. The number of aromatic nitrogens is 2. The molecular weight excluding hydrogens is 180 g/mol. The van der Waals surface area contributed by atoms with Gasteiger partial charge in [0, 0.05) is 12.7 Å². The lowest BCUT2D eigenvalue weighted by molar-refractivity contribution is -0.111. The van der Waals surface area contributed by atoms with Crippen molar-refractivity contribution in [3.8, 4) is 0 Å². The lowest BCUT2D eigenvalue weighted by Gasteiger charge is -1.96. The molecule has 1 amide bonds. The van der Waals surface area contributed by atoms with Gasteiger partial charge in [0.25, 0.3) is 0 Å². The van der Waals surface area contributed by atoms with Crippen molar-refractivity contribution in [2.24, 2.45) is 5.73 Å². The number of nitrogens with one attached hydrogen (secondary N) is 1. The highest BCUT2D eigenvalue weighted by Crippen LogP contribution is 2.04. The van der Waals surface area contributed by atoms with Crippen LogP contribution < -0.4 is 11.1 Å². The average molecular weight is 194 g/mol. The molecule has 0 aliphatic carbocycles. The predicted molar refractivity (Wildman–Crippen MR) is 54.7 cm³/mol. The number of anilines is 1. The van der Waals surface area contributed by atoms with Crippen LogP contribution >= 0.6 is 0 Å². The molecule has 0 aliphatic heterocycles. The van der Waals surface area contributed by atoms with Crippen molar-refractivity contribution in [3.05, 3.63) is 24.5 Å². The minimum absolute atomic E-state index is 0.153. The van der Waals surface area contributed by atoms with Crippen molar-refractivity contribution < 1.29 is 4.79 Å². The molecule has 0 unspecified atom stereocenters. The van der Waals surface area contributed by atoms with Gasteiger partial charge in [-0.15, -0.1) is 0 Å². The third-order valence-electron chi connectivity index (χ3n) is 1.58. The zero-order valence-electron chi connectivity index (χ0n) is 8.10. The van der Waals surface area contributed by atoms with Gasteiger partial charge >= 0.3 is 0 Å². The number of carbonyl (C=O) groups excluding carboxylic acids is 1. The number of rotatable bonds is 4. The van der Waals surface area contributed by atoms with Crippen molar-refractivity contribution in [2.45, 2.75) is 13.5 Å². The number of hydrogen-bond acceptors (Lipinski definition) is 3. The fourth-order valence-corrected chi connectivity index (χ4v) is 1.02. The first-order valence-electron chi connectivity index (χ1n) is 4.42. The van der Waals surface area contributed by atoms with E-state index < -0.39 is 0 Å². The highest BCUT2D eigenvalue weighted by atomic mass is 16.1. The van der Waals surface area contributed by atoms with Crippen LogP contribution in [0.4, 0.5) is 5.69 Å². The largest absolute Gasteiger partial charge is 0.329 e. The molecule has 0 spiro atoms. The first kappa shape index (κ1) is 10.5. The van der Waals surface area contributed by atoms with Crippen LogP contribution in [0.15, 0.2) is 24.5 Å². The topological polar surface area (TPSA) is 72.9 Å². The van der Waals surface area contributed by atoms with E-state index >= 15 is 0 Å². The Bertz CT molecular complexity index is 329. The maximum Gasteiger partial charge on any atom is 0.248 e. The predicted octanol–water partition coefficient (Wildman–Crippen LogP) is 0.356. The minimum atomic E-state index is -0.153. The molecular formula is C9H14N4O. The molecule has 5 heteroatoms. The van der Waals surface area contributed by atoms with Crippen LogP contribution in [0, 0.1) is 0 Å². The van der Waals surface area contributed by atoms with Gasteiger partial charge in [-0.2, -0.15) is 5.10 Å². The molecule has 1 aromatic heterocycles. The summed E-state index contributed by atoms with van der Waals surface area (Å²) in [6.07, 6.45) is 6.48. The Kier molecular flexibility index (Phi) is 3.87. The van der Waals surface area contributed by atoms with Crippen molar-refractivity contribution in [2.75, 3.05) is 11.9 Å². The van der Waals surface area contributed by atoms with Crippen molar-refractivity contribution >= 4 is 11.6 Å². The van der Waals surface area contributed by atoms with E-state index in [1.165, 1.54) is 6.08 Å². The Labute approximate surface area is 82.6 Å². The van der Waals surface area contributed by atoms with E-state index in [0.717, 1.165) is 0 Å². The molecule has 5 nitrogen and oxygen atoms in total. The zero-order chi connectivity index (χ0) is 10.4. The highest BCUT2D eigenvalue weighted by Gasteiger charge is 1.99. The van der Waals surface area contributed by atoms with Crippen LogP contribution in [0.3, 0.4) is 0 Å². The quantitative estimate of drug-likeness (QED) is 0.679. The molecule has 0 aromatic carbocycles. The second-order valence-corrected chi connectivity index (χ2v) is 2.77. The second-order valence-electron chi connectivity index (χ2n) is 2.77. The molecule has 0 aliphatic rings. The molecule has 0 atom stereocenters. The van der Waals surface area contributed by atoms with E-state index in [9.17, 15) is 4.79 Å².